The summed E-state index contributed by atoms with van der Waals surface area (Å²) in [6.07, 6.45) is 4.52. The first kappa shape index (κ1) is 19.5. The van der Waals surface area contributed by atoms with E-state index in [1.807, 2.05) is 36.4 Å². The smallest absolute Gasteiger partial charge is 0.130 e. The Hall–Kier alpha value is -2.84. The van der Waals surface area contributed by atoms with Crippen LogP contribution in [-0.2, 0) is 19.4 Å². The van der Waals surface area contributed by atoms with Crippen molar-refractivity contribution in [3.05, 3.63) is 107 Å². The van der Waals surface area contributed by atoms with Gasteiger partial charge in [0.05, 0.1) is 11.2 Å². The fourth-order valence-corrected chi connectivity index (χ4v) is 3.53. The Morgan fingerprint density at radius 1 is 0.690 bits per heavy atom. The van der Waals surface area contributed by atoms with Gasteiger partial charge in [0.1, 0.15) is 12.4 Å². The SMILES string of the molecule is Clc1ccc(CCCCc2ccc(OCc3ccc4ccccc4n3)cc2)cc1. The van der Waals surface area contributed by atoms with Crippen LogP contribution in [0.25, 0.3) is 10.9 Å². The molecule has 3 heteroatoms. The monoisotopic (exact) mass is 401 g/mol. The molecule has 0 saturated heterocycles. The van der Waals surface area contributed by atoms with Gasteiger partial charge < -0.3 is 4.74 Å². The summed E-state index contributed by atoms with van der Waals surface area (Å²) in [6.45, 7) is 0.477. The Morgan fingerprint density at radius 2 is 1.34 bits per heavy atom. The van der Waals surface area contributed by atoms with E-state index >= 15 is 0 Å². The van der Waals surface area contributed by atoms with E-state index in [4.69, 9.17) is 16.3 Å². The minimum absolute atomic E-state index is 0.477. The average Bonchev–Trinajstić information content (AvgIpc) is 2.77. The number of ether oxygens (including phenoxy) is 1. The molecule has 0 spiro atoms. The number of aryl methyl sites for hydroxylation is 2. The number of unbranched alkanes of at least 4 members (excludes halogenated alkanes) is 1. The standard InChI is InChI=1S/C26H24ClNO/c27-23-14-9-20(10-15-23)5-1-2-6-21-11-17-25(18-12-21)29-19-24-16-13-22-7-3-4-8-26(22)28-24/h3-4,7-18H,1-2,5-6,19H2. The van der Waals surface area contributed by atoms with Gasteiger partial charge in [-0.1, -0.05) is 60.1 Å². The summed E-state index contributed by atoms with van der Waals surface area (Å²) < 4.78 is 5.92. The van der Waals surface area contributed by atoms with Crippen LogP contribution in [0.1, 0.15) is 29.7 Å². The molecule has 0 radical (unpaired) electrons. The fraction of sp³-hybridized carbons (Fsp3) is 0.192. The van der Waals surface area contributed by atoms with Crippen LogP contribution in [0.4, 0.5) is 0 Å². The number of hydrogen-bond acceptors (Lipinski definition) is 2. The van der Waals surface area contributed by atoms with Crippen molar-refractivity contribution in [1.29, 1.82) is 0 Å². The topological polar surface area (TPSA) is 22.1 Å². The predicted octanol–water partition coefficient (Wildman–Crippen LogP) is 7.03. The maximum absolute atomic E-state index is 5.93. The average molecular weight is 402 g/mol. The summed E-state index contributed by atoms with van der Waals surface area (Å²) in [5, 5.41) is 1.95. The van der Waals surface area contributed by atoms with Crippen molar-refractivity contribution in [1.82, 2.24) is 4.98 Å². The van der Waals surface area contributed by atoms with Crippen molar-refractivity contribution < 1.29 is 4.74 Å². The number of pyridine rings is 1. The van der Waals surface area contributed by atoms with E-state index in [-0.39, 0.29) is 0 Å². The molecule has 0 bridgehead atoms. The van der Waals surface area contributed by atoms with E-state index < -0.39 is 0 Å². The second-order valence-electron chi connectivity index (χ2n) is 7.26. The van der Waals surface area contributed by atoms with Crippen LogP contribution in [0.2, 0.25) is 5.02 Å². The molecule has 0 aliphatic rings. The fourth-order valence-electron chi connectivity index (χ4n) is 3.41. The number of fused-ring (bicyclic) bond motifs is 1. The van der Waals surface area contributed by atoms with Crippen molar-refractivity contribution in [2.45, 2.75) is 32.3 Å². The molecule has 0 unspecified atom stereocenters. The second kappa shape index (κ2) is 9.58. The molecular weight excluding hydrogens is 378 g/mol. The highest BCUT2D eigenvalue weighted by Crippen LogP contribution is 2.18. The molecule has 2 nitrogen and oxygen atoms in total. The summed E-state index contributed by atoms with van der Waals surface area (Å²) >= 11 is 5.93. The van der Waals surface area contributed by atoms with Gasteiger partial charge in [-0.3, -0.25) is 0 Å². The molecule has 0 N–H and O–H groups in total. The van der Waals surface area contributed by atoms with E-state index in [2.05, 4.69) is 53.5 Å². The number of benzene rings is 3. The van der Waals surface area contributed by atoms with E-state index in [1.165, 1.54) is 24.0 Å². The lowest BCUT2D eigenvalue weighted by atomic mass is 10.0. The van der Waals surface area contributed by atoms with Gasteiger partial charge in [-0.25, -0.2) is 4.98 Å². The molecule has 4 aromatic rings. The van der Waals surface area contributed by atoms with Gasteiger partial charge in [-0.15, -0.1) is 0 Å². The van der Waals surface area contributed by atoms with E-state index in [9.17, 15) is 0 Å². The first-order valence-corrected chi connectivity index (χ1v) is 10.4. The molecule has 4 rings (SSSR count). The summed E-state index contributed by atoms with van der Waals surface area (Å²) in [6, 6.07) is 28.8. The minimum Gasteiger partial charge on any atom is -0.487 e. The lowest BCUT2D eigenvalue weighted by Gasteiger charge is -2.08. The Bertz CT molecular complexity index is 1060. The number of aromatic nitrogens is 1. The first-order chi connectivity index (χ1) is 14.3. The van der Waals surface area contributed by atoms with Crippen LogP contribution in [-0.4, -0.2) is 4.98 Å². The van der Waals surface area contributed by atoms with Crippen LogP contribution in [0.5, 0.6) is 5.75 Å². The summed E-state index contributed by atoms with van der Waals surface area (Å²) in [4.78, 5) is 4.66. The highest BCUT2D eigenvalue weighted by atomic mass is 35.5. The number of rotatable bonds is 8. The molecule has 0 saturated carbocycles. The van der Waals surface area contributed by atoms with Gasteiger partial charge in [0, 0.05) is 10.4 Å². The van der Waals surface area contributed by atoms with Crippen LogP contribution in [0, 0.1) is 0 Å². The minimum atomic E-state index is 0.477. The van der Waals surface area contributed by atoms with Gasteiger partial charge in [-0.05, 0) is 73.2 Å². The van der Waals surface area contributed by atoms with Crippen LogP contribution >= 0.6 is 11.6 Å². The van der Waals surface area contributed by atoms with Crippen molar-refractivity contribution in [3.63, 3.8) is 0 Å². The van der Waals surface area contributed by atoms with Crippen molar-refractivity contribution >= 4 is 22.5 Å². The third-order valence-corrected chi connectivity index (χ3v) is 5.31. The van der Waals surface area contributed by atoms with Crippen LogP contribution < -0.4 is 4.74 Å². The van der Waals surface area contributed by atoms with Crippen molar-refractivity contribution in [3.8, 4) is 5.75 Å². The summed E-state index contributed by atoms with van der Waals surface area (Å²) in [7, 11) is 0. The lowest BCUT2D eigenvalue weighted by Crippen LogP contribution is -1.98. The number of hydrogen-bond donors (Lipinski definition) is 0. The Morgan fingerprint density at radius 3 is 2.07 bits per heavy atom. The Balaban J connectivity index is 1.23. The number of para-hydroxylation sites is 1. The van der Waals surface area contributed by atoms with Crippen molar-refractivity contribution in [2.75, 3.05) is 0 Å². The normalized spacial score (nSPS) is 10.9. The Kier molecular flexibility index (Phi) is 6.43. The van der Waals surface area contributed by atoms with Crippen LogP contribution in [0.15, 0.2) is 84.9 Å². The molecule has 0 atom stereocenters. The molecular formula is C26H24ClNO. The third-order valence-electron chi connectivity index (χ3n) is 5.06. The number of halogens is 1. The van der Waals surface area contributed by atoms with Gasteiger partial charge >= 0.3 is 0 Å². The Labute approximate surface area is 177 Å². The molecule has 1 heterocycles. The highest BCUT2D eigenvalue weighted by molar-refractivity contribution is 6.30. The zero-order valence-electron chi connectivity index (χ0n) is 16.4. The maximum Gasteiger partial charge on any atom is 0.130 e. The van der Waals surface area contributed by atoms with Crippen molar-refractivity contribution in [2.24, 2.45) is 0 Å². The van der Waals surface area contributed by atoms with Gasteiger partial charge in [0.15, 0.2) is 0 Å². The lowest BCUT2D eigenvalue weighted by molar-refractivity contribution is 0.301. The maximum atomic E-state index is 5.93. The molecule has 0 aliphatic heterocycles. The predicted molar refractivity (Wildman–Crippen MR) is 121 cm³/mol. The van der Waals surface area contributed by atoms with E-state index in [0.717, 1.165) is 40.2 Å². The highest BCUT2D eigenvalue weighted by Gasteiger charge is 2.01. The third kappa shape index (κ3) is 5.58. The van der Waals surface area contributed by atoms with Gasteiger partial charge in [0.2, 0.25) is 0 Å². The number of nitrogens with zero attached hydrogens (tertiary/aromatic N) is 1. The molecule has 0 fully saturated rings. The zero-order chi connectivity index (χ0) is 19.9. The van der Waals surface area contributed by atoms with Gasteiger partial charge in [-0.2, -0.15) is 0 Å². The molecule has 3 aromatic carbocycles. The summed E-state index contributed by atoms with van der Waals surface area (Å²) in [5.41, 5.74) is 4.63. The molecule has 0 aliphatic carbocycles. The molecule has 29 heavy (non-hydrogen) atoms. The first-order valence-electron chi connectivity index (χ1n) is 10.1. The molecule has 1 aromatic heterocycles. The quantitative estimate of drug-likeness (QED) is 0.295. The molecule has 146 valence electrons. The zero-order valence-corrected chi connectivity index (χ0v) is 17.1. The largest absolute Gasteiger partial charge is 0.487 e. The van der Waals surface area contributed by atoms with Gasteiger partial charge in [0.25, 0.3) is 0 Å². The van der Waals surface area contributed by atoms with E-state index in [1.54, 1.807) is 0 Å². The van der Waals surface area contributed by atoms with E-state index in [0.29, 0.717) is 6.61 Å². The summed E-state index contributed by atoms with van der Waals surface area (Å²) in [5.74, 6) is 0.880. The second-order valence-corrected chi connectivity index (χ2v) is 7.70. The van der Waals surface area contributed by atoms with Crippen LogP contribution in [0.3, 0.4) is 0 Å². The molecule has 0 amide bonds.